The molecule has 1 atom stereocenters. The van der Waals surface area contributed by atoms with E-state index < -0.39 is 30.4 Å². The second kappa shape index (κ2) is 10.8. The van der Waals surface area contributed by atoms with Crippen LogP contribution in [-0.4, -0.2) is 44.0 Å². The van der Waals surface area contributed by atoms with Gasteiger partial charge >= 0.3 is 11.9 Å². The number of aryl methyl sites for hydroxylation is 2. The molecule has 2 aromatic rings. The highest BCUT2D eigenvalue weighted by Crippen LogP contribution is 2.32. The SMILES string of the molecule is CCc1cccc(CC)c1N1C[C@@H](C(=O)OCC(=O)Nc2ccc(C(=O)OC)cc2)CC1=O. The number of nitrogens with one attached hydrogen (secondary N) is 1. The molecule has 0 spiro atoms. The number of carbonyl (C=O) groups excluding carboxylic acids is 4. The van der Waals surface area contributed by atoms with Crippen LogP contribution in [0.4, 0.5) is 11.4 Å². The van der Waals surface area contributed by atoms with E-state index in [0.717, 1.165) is 29.7 Å². The van der Waals surface area contributed by atoms with E-state index in [0.29, 0.717) is 11.3 Å². The molecule has 0 saturated carbocycles. The topological polar surface area (TPSA) is 102 Å². The highest BCUT2D eigenvalue weighted by atomic mass is 16.5. The van der Waals surface area contributed by atoms with Crippen LogP contribution in [0.15, 0.2) is 42.5 Å². The summed E-state index contributed by atoms with van der Waals surface area (Å²) < 4.78 is 9.81. The number of methoxy groups -OCH3 is 1. The largest absolute Gasteiger partial charge is 0.465 e. The first kappa shape index (κ1) is 24.0. The third-order valence-electron chi connectivity index (χ3n) is 5.63. The van der Waals surface area contributed by atoms with E-state index in [1.807, 2.05) is 32.0 Å². The molecular weight excluding hydrogens is 424 g/mol. The fraction of sp³-hybridized carbons (Fsp3) is 0.360. The Morgan fingerprint density at radius 1 is 1.03 bits per heavy atom. The van der Waals surface area contributed by atoms with Gasteiger partial charge in [-0.15, -0.1) is 0 Å². The van der Waals surface area contributed by atoms with Crippen molar-refractivity contribution in [2.75, 3.05) is 30.5 Å². The van der Waals surface area contributed by atoms with Crippen LogP contribution in [0.5, 0.6) is 0 Å². The molecule has 2 amide bonds. The zero-order valence-electron chi connectivity index (χ0n) is 19.1. The Kier molecular flexibility index (Phi) is 7.82. The van der Waals surface area contributed by atoms with Gasteiger partial charge in [-0.1, -0.05) is 32.0 Å². The van der Waals surface area contributed by atoms with Crippen LogP contribution in [0.3, 0.4) is 0 Å². The molecule has 1 heterocycles. The van der Waals surface area contributed by atoms with Crippen LogP contribution < -0.4 is 10.2 Å². The molecule has 1 aliphatic heterocycles. The number of ether oxygens (including phenoxy) is 2. The van der Waals surface area contributed by atoms with Crippen LogP contribution in [0.1, 0.15) is 41.8 Å². The van der Waals surface area contributed by atoms with Gasteiger partial charge in [0.15, 0.2) is 6.61 Å². The summed E-state index contributed by atoms with van der Waals surface area (Å²) in [5, 5.41) is 2.60. The smallest absolute Gasteiger partial charge is 0.337 e. The van der Waals surface area contributed by atoms with Crippen molar-refractivity contribution in [2.24, 2.45) is 5.92 Å². The standard InChI is InChI=1S/C25H28N2O6/c1-4-16-7-6-8-17(5-2)23(16)27-14-19(13-22(27)29)25(31)33-15-21(28)26-20-11-9-18(10-12-20)24(30)32-3/h6-12,19H,4-5,13-15H2,1-3H3,(H,26,28)/t19-/m0/s1. The van der Waals surface area contributed by atoms with Gasteiger partial charge in [-0.2, -0.15) is 0 Å². The van der Waals surface area contributed by atoms with Crippen molar-refractivity contribution < 1.29 is 28.7 Å². The van der Waals surface area contributed by atoms with Gasteiger partial charge in [-0.3, -0.25) is 14.4 Å². The fourth-order valence-corrected chi connectivity index (χ4v) is 3.90. The molecule has 1 aliphatic rings. The van der Waals surface area contributed by atoms with E-state index in [1.54, 1.807) is 17.0 Å². The van der Waals surface area contributed by atoms with Crippen molar-refractivity contribution in [3.63, 3.8) is 0 Å². The minimum absolute atomic E-state index is 0.0522. The molecule has 8 nitrogen and oxygen atoms in total. The molecular formula is C25H28N2O6. The fourth-order valence-electron chi connectivity index (χ4n) is 3.90. The number of amides is 2. The third-order valence-corrected chi connectivity index (χ3v) is 5.63. The van der Waals surface area contributed by atoms with Crippen molar-refractivity contribution in [3.8, 4) is 0 Å². The van der Waals surface area contributed by atoms with Crippen molar-refractivity contribution in [3.05, 3.63) is 59.2 Å². The van der Waals surface area contributed by atoms with Crippen LogP contribution in [0, 0.1) is 5.92 Å². The normalized spacial score (nSPS) is 15.3. The molecule has 2 aromatic carbocycles. The Morgan fingerprint density at radius 3 is 2.24 bits per heavy atom. The maximum atomic E-state index is 12.7. The third kappa shape index (κ3) is 5.58. The number of para-hydroxylation sites is 1. The first-order valence-corrected chi connectivity index (χ1v) is 10.9. The average molecular weight is 453 g/mol. The van der Waals surface area contributed by atoms with Crippen LogP contribution in [-0.2, 0) is 36.7 Å². The van der Waals surface area contributed by atoms with Gasteiger partial charge in [0.1, 0.15) is 0 Å². The lowest BCUT2D eigenvalue weighted by Gasteiger charge is -2.23. The molecule has 174 valence electrons. The maximum absolute atomic E-state index is 12.7. The van der Waals surface area contributed by atoms with Crippen molar-refractivity contribution in [1.82, 2.24) is 0 Å². The monoisotopic (exact) mass is 452 g/mol. The van der Waals surface area contributed by atoms with E-state index in [4.69, 9.17) is 4.74 Å². The average Bonchev–Trinajstić information content (AvgIpc) is 3.22. The van der Waals surface area contributed by atoms with Gasteiger partial charge in [-0.25, -0.2) is 4.79 Å². The van der Waals surface area contributed by atoms with E-state index in [9.17, 15) is 19.2 Å². The highest BCUT2D eigenvalue weighted by Gasteiger charge is 2.37. The van der Waals surface area contributed by atoms with Gasteiger partial charge in [0.2, 0.25) is 5.91 Å². The van der Waals surface area contributed by atoms with Gasteiger partial charge < -0.3 is 19.7 Å². The molecule has 1 fully saturated rings. The number of hydrogen-bond donors (Lipinski definition) is 1. The highest BCUT2D eigenvalue weighted by molar-refractivity contribution is 6.01. The molecule has 33 heavy (non-hydrogen) atoms. The van der Waals surface area contributed by atoms with E-state index in [1.165, 1.54) is 19.2 Å². The summed E-state index contributed by atoms with van der Waals surface area (Å²) in [6, 6.07) is 12.1. The summed E-state index contributed by atoms with van der Waals surface area (Å²) in [4.78, 5) is 50.6. The number of hydrogen-bond acceptors (Lipinski definition) is 6. The predicted octanol–water partition coefficient (Wildman–Crippen LogP) is 3.13. The Morgan fingerprint density at radius 2 is 1.67 bits per heavy atom. The van der Waals surface area contributed by atoms with Gasteiger partial charge in [0.05, 0.1) is 18.6 Å². The molecule has 0 bridgehead atoms. The lowest BCUT2D eigenvalue weighted by Crippen LogP contribution is -2.29. The zero-order valence-corrected chi connectivity index (χ0v) is 19.1. The van der Waals surface area contributed by atoms with Crippen LogP contribution >= 0.6 is 0 Å². The summed E-state index contributed by atoms with van der Waals surface area (Å²) in [5.74, 6) is -2.31. The van der Waals surface area contributed by atoms with Gasteiger partial charge in [0, 0.05) is 24.3 Å². The second-order valence-electron chi connectivity index (χ2n) is 7.76. The Balaban J connectivity index is 1.57. The van der Waals surface area contributed by atoms with E-state index in [-0.39, 0.29) is 18.9 Å². The first-order chi connectivity index (χ1) is 15.9. The van der Waals surface area contributed by atoms with Crippen LogP contribution in [0.25, 0.3) is 0 Å². The Hall–Kier alpha value is -3.68. The molecule has 0 radical (unpaired) electrons. The molecule has 0 unspecified atom stereocenters. The van der Waals surface area contributed by atoms with Crippen molar-refractivity contribution in [1.29, 1.82) is 0 Å². The Labute approximate surface area is 192 Å². The summed E-state index contributed by atoms with van der Waals surface area (Å²) >= 11 is 0. The lowest BCUT2D eigenvalue weighted by atomic mass is 10.0. The van der Waals surface area contributed by atoms with Gasteiger partial charge in [0.25, 0.3) is 5.91 Å². The Bertz CT molecular complexity index is 1030. The molecule has 8 heteroatoms. The molecule has 0 aromatic heterocycles. The molecule has 1 N–H and O–H groups in total. The molecule has 1 saturated heterocycles. The number of rotatable bonds is 8. The summed E-state index contributed by atoms with van der Waals surface area (Å²) in [7, 11) is 1.29. The van der Waals surface area contributed by atoms with Crippen LogP contribution in [0.2, 0.25) is 0 Å². The lowest BCUT2D eigenvalue weighted by molar-refractivity contribution is -0.151. The summed E-state index contributed by atoms with van der Waals surface area (Å²) in [6.45, 7) is 3.84. The maximum Gasteiger partial charge on any atom is 0.337 e. The summed E-state index contributed by atoms with van der Waals surface area (Å²) in [5.41, 5.74) is 3.82. The zero-order chi connectivity index (χ0) is 24.0. The van der Waals surface area contributed by atoms with Crippen molar-refractivity contribution in [2.45, 2.75) is 33.1 Å². The molecule has 3 rings (SSSR count). The number of anilines is 2. The minimum atomic E-state index is -0.626. The van der Waals surface area contributed by atoms with Crippen molar-refractivity contribution >= 4 is 35.1 Å². The first-order valence-electron chi connectivity index (χ1n) is 10.9. The predicted molar refractivity (Wildman–Crippen MR) is 123 cm³/mol. The number of carbonyl (C=O) groups is 4. The minimum Gasteiger partial charge on any atom is -0.465 e. The van der Waals surface area contributed by atoms with Gasteiger partial charge in [-0.05, 0) is 48.2 Å². The number of nitrogens with zero attached hydrogens (tertiary/aromatic N) is 1. The summed E-state index contributed by atoms with van der Waals surface area (Å²) in [6.07, 6.45) is 1.61. The number of benzene rings is 2. The van der Waals surface area contributed by atoms with E-state index >= 15 is 0 Å². The second-order valence-corrected chi connectivity index (χ2v) is 7.76. The van der Waals surface area contributed by atoms with E-state index in [2.05, 4.69) is 10.1 Å². The quantitative estimate of drug-likeness (QED) is 0.618. The number of esters is 2. The molecule has 0 aliphatic carbocycles.